The van der Waals surface area contributed by atoms with Crippen molar-refractivity contribution in [2.24, 2.45) is 11.7 Å². The van der Waals surface area contributed by atoms with Gasteiger partial charge in [0.05, 0.1) is 0 Å². The minimum absolute atomic E-state index is 0.105. The fourth-order valence-electron chi connectivity index (χ4n) is 2.95. The van der Waals surface area contributed by atoms with E-state index in [-0.39, 0.29) is 24.0 Å². The van der Waals surface area contributed by atoms with E-state index in [9.17, 15) is 5.11 Å². The fraction of sp³-hybridized carbons (Fsp3) is 0.600. The molecule has 2 nitrogen and oxygen atoms in total. The topological polar surface area (TPSA) is 46.2 Å². The lowest BCUT2D eigenvalue weighted by Crippen LogP contribution is -2.51. The van der Waals surface area contributed by atoms with Crippen LogP contribution in [-0.4, -0.2) is 17.8 Å². The van der Waals surface area contributed by atoms with E-state index in [2.05, 4.69) is 12.1 Å². The van der Waals surface area contributed by atoms with Gasteiger partial charge >= 0.3 is 0 Å². The van der Waals surface area contributed by atoms with Gasteiger partial charge in [-0.1, -0.05) is 37.1 Å². The molecule has 0 saturated heterocycles. The Morgan fingerprint density at radius 2 is 1.94 bits per heavy atom. The average Bonchev–Trinajstić information content (AvgIpc) is 2.30. The van der Waals surface area contributed by atoms with Crippen molar-refractivity contribution in [1.29, 1.82) is 0 Å². The van der Waals surface area contributed by atoms with E-state index in [1.54, 1.807) is 0 Å². The van der Waals surface area contributed by atoms with E-state index in [0.29, 0.717) is 0 Å². The summed E-state index contributed by atoms with van der Waals surface area (Å²) in [7, 11) is 0. The molecule has 0 spiro atoms. The Morgan fingerprint density at radius 1 is 1.33 bits per heavy atom. The lowest BCUT2D eigenvalue weighted by atomic mass is 9.59. The number of aliphatic hydroxyl groups is 1. The molecule has 0 aromatic heterocycles. The highest BCUT2D eigenvalue weighted by atomic mass is 35.5. The molecule has 1 fully saturated rings. The molecular formula is C15H22ClNO. The third-order valence-electron chi connectivity index (χ3n) is 4.34. The second-order valence-electron chi connectivity index (χ2n) is 5.65. The van der Waals surface area contributed by atoms with Crippen LogP contribution in [0, 0.1) is 5.92 Å². The maximum atomic E-state index is 9.17. The van der Waals surface area contributed by atoms with Crippen LogP contribution in [0.1, 0.15) is 38.2 Å². The number of nitrogens with two attached hydrogens (primary N) is 1. The zero-order valence-electron chi connectivity index (χ0n) is 10.9. The molecule has 3 heteroatoms. The Labute approximate surface area is 114 Å². The molecule has 18 heavy (non-hydrogen) atoms. The van der Waals surface area contributed by atoms with Gasteiger partial charge in [0, 0.05) is 23.1 Å². The second-order valence-corrected chi connectivity index (χ2v) is 6.08. The molecule has 0 heterocycles. The van der Waals surface area contributed by atoms with Crippen LogP contribution >= 0.6 is 11.6 Å². The predicted octanol–water partition coefficient (Wildman–Crippen LogP) is 3.11. The largest absolute Gasteiger partial charge is 0.396 e. The molecule has 0 bridgehead atoms. The van der Waals surface area contributed by atoms with Gasteiger partial charge in [0.25, 0.3) is 0 Å². The third-order valence-corrected chi connectivity index (χ3v) is 4.59. The van der Waals surface area contributed by atoms with Crippen molar-refractivity contribution in [1.82, 2.24) is 0 Å². The SMILES string of the molecule is CC(CO)C[C@H](N)C1(c2ccc(Cl)cc2)CCC1. The number of rotatable bonds is 5. The highest BCUT2D eigenvalue weighted by molar-refractivity contribution is 6.30. The lowest BCUT2D eigenvalue weighted by molar-refractivity contribution is 0.153. The molecule has 2 rings (SSSR count). The van der Waals surface area contributed by atoms with Crippen molar-refractivity contribution >= 4 is 11.6 Å². The monoisotopic (exact) mass is 267 g/mol. The summed E-state index contributed by atoms with van der Waals surface area (Å²) in [4.78, 5) is 0. The number of hydrogen-bond donors (Lipinski definition) is 2. The molecule has 0 radical (unpaired) electrons. The van der Waals surface area contributed by atoms with Crippen LogP contribution in [-0.2, 0) is 5.41 Å². The Kier molecular flexibility index (Phi) is 4.31. The highest BCUT2D eigenvalue weighted by Crippen LogP contribution is 2.47. The van der Waals surface area contributed by atoms with Crippen molar-refractivity contribution in [2.75, 3.05) is 6.61 Å². The normalized spacial score (nSPS) is 21.1. The van der Waals surface area contributed by atoms with Gasteiger partial charge < -0.3 is 10.8 Å². The quantitative estimate of drug-likeness (QED) is 0.861. The number of halogens is 1. The zero-order chi connectivity index (χ0) is 13.2. The third kappa shape index (κ3) is 2.56. The van der Waals surface area contributed by atoms with Gasteiger partial charge in [-0.3, -0.25) is 0 Å². The summed E-state index contributed by atoms with van der Waals surface area (Å²) in [5.74, 6) is 0.268. The van der Waals surface area contributed by atoms with E-state index >= 15 is 0 Å². The minimum Gasteiger partial charge on any atom is -0.396 e. The van der Waals surface area contributed by atoms with Crippen LogP contribution in [0.25, 0.3) is 0 Å². The first-order valence-electron chi connectivity index (χ1n) is 6.71. The Bertz CT molecular complexity index is 386. The molecule has 1 aromatic carbocycles. The summed E-state index contributed by atoms with van der Waals surface area (Å²) in [6, 6.07) is 8.21. The number of benzene rings is 1. The molecule has 0 amide bonds. The predicted molar refractivity (Wildman–Crippen MR) is 75.8 cm³/mol. The van der Waals surface area contributed by atoms with E-state index in [1.165, 1.54) is 12.0 Å². The summed E-state index contributed by atoms with van der Waals surface area (Å²) in [6.07, 6.45) is 4.41. The van der Waals surface area contributed by atoms with Gasteiger partial charge in [-0.25, -0.2) is 0 Å². The van der Waals surface area contributed by atoms with E-state index < -0.39 is 0 Å². The molecule has 1 aromatic rings. The van der Waals surface area contributed by atoms with Crippen LogP contribution in [0.2, 0.25) is 5.02 Å². The maximum absolute atomic E-state index is 9.17. The molecular weight excluding hydrogens is 246 g/mol. The fourth-order valence-corrected chi connectivity index (χ4v) is 3.07. The van der Waals surface area contributed by atoms with Crippen LogP contribution in [0.4, 0.5) is 0 Å². The van der Waals surface area contributed by atoms with Crippen molar-refractivity contribution in [3.63, 3.8) is 0 Å². The highest BCUT2D eigenvalue weighted by Gasteiger charge is 2.43. The standard InChI is InChI=1S/C15H22ClNO/c1-11(10-18)9-14(17)15(7-2-8-15)12-3-5-13(16)6-4-12/h3-6,11,14,18H,2,7-10,17H2,1H3/t11?,14-/m0/s1. The molecule has 1 aliphatic rings. The number of aliphatic hydroxyl groups excluding tert-OH is 1. The van der Waals surface area contributed by atoms with E-state index in [0.717, 1.165) is 24.3 Å². The van der Waals surface area contributed by atoms with Crippen LogP contribution in [0.5, 0.6) is 0 Å². The summed E-state index contributed by atoms with van der Waals surface area (Å²) in [5, 5.41) is 9.94. The Hall–Kier alpha value is -0.570. The first kappa shape index (κ1) is 13.9. The lowest BCUT2D eigenvalue weighted by Gasteiger charge is -2.47. The van der Waals surface area contributed by atoms with Crippen LogP contribution in [0.3, 0.4) is 0 Å². The van der Waals surface area contributed by atoms with Crippen molar-refractivity contribution in [3.8, 4) is 0 Å². The van der Waals surface area contributed by atoms with Gasteiger partial charge in [-0.15, -0.1) is 0 Å². The molecule has 100 valence electrons. The Morgan fingerprint density at radius 3 is 2.39 bits per heavy atom. The van der Waals surface area contributed by atoms with Gasteiger partial charge in [0.15, 0.2) is 0 Å². The number of hydrogen-bond acceptors (Lipinski definition) is 2. The van der Waals surface area contributed by atoms with Crippen molar-refractivity contribution in [3.05, 3.63) is 34.9 Å². The van der Waals surface area contributed by atoms with Crippen LogP contribution < -0.4 is 5.73 Å². The molecule has 0 aliphatic heterocycles. The maximum Gasteiger partial charge on any atom is 0.0457 e. The second kappa shape index (κ2) is 5.60. The molecule has 1 unspecified atom stereocenters. The molecule has 3 N–H and O–H groups in total. The summed E-state index contributed by atoms with van der Waals surface area (Å²) >= 11 is 5.95. The zero-order valence-corrected chi connectivity index (χ0v) is 11.7. The summed E-state index contributed by atoms with van der Waals surface area (Å²) in [5.41, 5.74) is 7.82. The minimum atomic E-state index is 0.105. The Balaban J connectivity index is 2.17. The van der Waals surface area contributed by atoms with Gasteiger partial charge in [0.1, 0.15) is 0 Å². The smallest absolute Gasteiger partial charge is 0.0457 e. The van der Waals surface area contributed by atoms with Crippen LogP contribution in [0.15, 0.2) is 24.3 Å². The molecule has 1 saturated carbocycles. The van der Waals surface area contributed by atoms with E-state index in [1.807, 2.05) is 19.1 Å². The van der Waals surface area contributed by atoms with Crippen molar-refractivity contribution in [2.45, 2.75) is 44.1 Å². The summed E-state index contributed by atoms with van der Waals surface area (Å²) < 4.78 is 0. The first-order valence-corrected chi connectivity index (χ1v) is 7.09. The van der Waals surface area contributed by atoms with Gasteiger partial charge in [-0.2, -0.15) is 0 Å². The van der Waals surface area contributed by atoms with Crippen molar-refractivity contribution < 1.29 is 5.11 Å². The first-order chi connectivity index (χ1) is 8.58. The van der Waals surface area contributed by atoms with Gasteiger partial charge in [0.2, 0.25) is 0 Å². The molecule has 2 atom stereocenters. The average molecular weight is 268 g/mol. The summed E-state index contributed by atoms with van der Waals surface area (Å²) in [6.45, 7) is 2.26. The van der Waals surface area contributed by atoms with Gasteiger partial charge in [-0.05, 0) is 42.9 Å². The molecule has 1 aliphatic carbocycles. The van der Waals surface area contributed by atoms with E-state index in [4.69, 9.17) is 17.3 Å².